The zero-order valence-corrected chi connectivity index (χ0v) is 10.6. The minimum absolute atomic E-state index is 0.0667. The van der Waals surface area contributed by atoms with E-state index in [2.05, 4.69) is 5.32 Å². The van der Waals surface area contributed by atoms with Crippen LogP contribution in [0.5, 0.6) is 0 Å². The zero-order valence-electron chi connectivity index (χ0n) is 9.79. The van der Waals surface area contributed by atoms with E-state index in [0.29, 0.717) is 6.42 Å². The van der Waals surface area contributed by atoms with Gasteiger partial charge in [0.25, 0.3) is 0 Å². The molecule has 16 heavy (non-hydrogen) atoms. The second-order valence-electron chi connectivity index (χ2n) is 4.70. The van der Waals surface area contributed by atoms with Crippen LogP contribution >= 0.6 is 11.3 Å². The van der Waals surface area contributed by atoms with Gasteiger partial charge in [0.15, 0.2) is 5.78 Å². The molecule has 1 aromatic heterocycles. The Hall–Kier alpha value is -0.670. The quantitative estimate of drug-likeness (QED) is 0.814. The first-order chi connectivity index (χ1) is 7.76. The molecule has 0 bridgehead atoms. The van der Waals surface area contributed by atoms with E-state index < -0.39 is 0 Å². The molecule has 1 aliphatic carbocycles. The number of thiophene rings is 1. The van der Waals surface area contributed by atoms with Crippen molar-refractivity contribution in [3.05, 3.63) is 22.4 Å². The minimum Gasteiger partial charge on any atom is -0.314 e. The molecule has 1 saturated carbocycles. The minimum atomic E-state index is 0.0667. The van der Waals surface area contributed by atoms with E-state index in [4.69, 9.17) is 0 Å². The molecule has 0 aromatic carbocycles. The normalized spacial score (nSPS) is 19.6. The van der Waals surface area contributed by atoms with Crippen molar-refractivity contribution in [2.45, 2.75) is 44.1 Å². The summed E-state index contributed by atoms with van der Waals surface area (Å²) in [4.78, 5) is 12.1. The molecule has 1 heterocycles. The Morgan fingerprint density at radius 3 is 2.75 bits per heavy atom. The van der Waals surface area contributed by atoms with Gasteiger partial charge in [-0.25, -0.2) is 0 Å². The molecule has 0 amide bonds. The van der Waals surface area contributed by atoms with Crippen molar-refractivity contribution >= 4 is 17.1 Å². The second-order valence-corrected chi connectivity index (χ2v) is 5.48. The van der Waals surface area contributed by atoms with E-state index in [1.165, 1.54) is 19.3 Å². The molecule has 0 saturated heterocycles. The van der Waals surface area contributed by atoms with Gasteiger partial charge in [0.1, 0.15) is 0 Å². The predicted molar refractivity (Wildman–Crippen MR) is 68.1 cm³/mol. The molecule has 3 heteroatoms. The first-order valence-corrected chi connectivity index (χ1v) is 6.94. The molecule has 1 fully saturated rings. The summed E-state index contributed by atoms with van der Waals surface area (Å²) in [6.07, 6.45) is 6.74. The number of carbonyl (C=O) groups excluding carboxylic acids is 1. The Balaban J connectivity index is 2.03. The molecule has 0 radical (unpaired) electrons. The third kappa shape index (κ3) is 2.53. The van der Waals surface area contributed by atoms with Gasteiger partial charge >= 0.3 is 0 Å². The predicted octanol–water partition coefficient (Wildman–Crippen LogP) is 3.24. The molecule has 0 spiro atoms. The van der Waals surface area contributed by atoms with E-state index >= 15 is 0 Å². The van der Waals surface area contributed by atoms with Crippen LogP contribution in [0, 0.1) is 0 Å². The summed E-state index contributed by atoms with van der Waals surface area (Å²) in [6, 6.07) is 1.93. The molecular formula is C13H19NOS. The number of hydrogen-bond acceptors (Lipinski definition) is 3. The van der Waals surface area contributed by atoms with Gasteiger partial charge in [-0.3, -0.25) is 4.79 Å². The lowest BCUT2D eigenvalue weighted by molar-refractivity contribution is 0.0915. The van der Waals surface area contributed by atoms with E-state index in [1.54, 1.807) is 11.3 Å². The Morgan fingerprint density at radius 2 is 2.19 bits per heavy atom. The third-order valence-electron chi connectivity index (χ3n) is 3.68. The summed E-state index contributed by atoms with van der Waals surface area (Å²) >= 11 is 1.60. The molecule has 0 atom stereocenters. The second kappa shape index (κ2) is 5.11. The van der Waals surface area contributed by atoms with Crippen LogP contribution in [0.25, 0.3) is 0 Å². The topological polar surface area (TPSA) is 29.1 Å². The molecule has 1 N–H and O–H groups in total. The highest BCUT2D eigenvalue weighted by atomic mass is 32.1. The van der Waals surface area contributed by atoms with Crippen molar-refractivity contribution in [1.82, 2.24) is 5.32 Å². The summed E-state index contributed by atoms with van der Waals surface area (Å²) in [5.74, 6) is 0.289. The van der Waals surface area contributed by atoms with Crippen LogP contribution in [0.15, 0.2) is 16.8 Å². The molecule has 2 rings (SSSR count). The molecular weight excluding hydrogens is 218 g/mol. The Kier molecular flexibility index (Phi) is 3.77. The molecule has 0 aliphatic heterocycles. The van der Waals surface area contributed by atoms with Crippen molar-refractivity contribution in [2.75, 3.05) is 7.05 Å². The fourth-order valence-corrected chi connectivity index (χ4v) is 3.24. The van der Waals surface area contributed by atoms with Crippen LogP contribution in [-0.4, -0.2) is 18.4 Å². The van der Waals surface area contributed by atoms with Gasteiger partial charge in [-0.15, -0.1) is 0 Å². The van der Waals surface area contributed by atoms with Crippen LogP contribution in [0.1, 0.15) is 48.9 Å². The van der Waals surface area contributed by atoms with Crippen LogP contribution in [0.2, 0.25) is 0 Å². The maximum Gasteiger partial charge on any atom is 0.165 e. The average Bonchev–Trinajstić information content (AvgIpc) is 2.84. The van der Waals surface area contributed by atoms with Gasteiger partial charge in [0, 0.05) is 22.9 Å². The first-order valence-electron chi connectivity index (χ1n) is 6.00. The fraction of sp³-hybridized carbons (Fsp3) is 0.615. The lowest BCUT2D eigenvalue weighted by Crippen LogP contribution is -2.46. The van der Waals surface area contributed by atoms with Crippen molar-refractivity contribution in [2.24, 2.45) is 0 Å². The molecule has 2 nitrogen and oxygen atoms in total. The van der Waals surface area contributed by atoms with Crippen LogP contribution in [0.4, 0.5) is 0 Å². The average molecular weight is 237 g/mol. The first kappa shape index (κ1) is 11.8. The number of carbonyl (C=O) groups is 1. The lowest BCUT2D eigenvalue weighted by atomic mass is 9.78. The highest BCUT2D eigenvalue weighted by Crippen LogP contribution is 2.31. The summed E-state index contributed by atoms with van der Waals surface area (Å²) in [7, 11) is 1.99. The van der Waals surface area contributed by atoms with Crippen LogP contribution < -0.4 is 5.32 Å². The van der Waals surface area contributed by atoms with E-state index in [1.807, 2.05) is 23.9 Å². The highest BCUT2D eigenvalue weighted by Gasteiger charge is 2.32. The summed E-state index contributed by atoms with van der Waals surface area (Å²) in [6.45, 7) is 0. The van der Waals surface area contributed by atoms with E-state index in [-0.39, 0.29) is 11.3 Å². The standard InChI is InChI=1S/C13H19NOS/c1-14-13(6-3-2-4-7-13)9-12(15)11-5-8-16-10-11/h5,8,10,14H,2-4,6-7,9H2,1H3. The van der Waals surface area contributed by atoms with E-state index in [0.717, 1.165) is 18.4 Å². The SMILES string of the molecule is CNC1(CC(=O)c2ccsc2)CCCCC1. The number of nitrogens with one attached hydrogen (secondary N) is 1. The maximum atomic E-state index is 12.1. The Bertz CT molecular complexity index is 339. The Labute approximate surface area is 101 Å². The molecule has 88 valence electrons. The summed E-state index contributed by atoms with van der Waals surface area (Å²) in [5, 5.41) is 7.32. The summed E-state index contributed by atoms with van der Waals surface area (Å²) < 4.78 is 0. The molecule has 0 unspecified atom stereocenters. The van der Waals surface area contributed by atoms with E-state index in [9.17, 15) is 4.79 Å². The van der Waals surface area contributed by atoms with Crippen LogP contribution in [-0.2, 0) is 0 Å². The van der Waals surface area contributed by atoms with Crippen molar-refractivity contribution in [3.63, 3.8) is 0 Å². The van der Waals surface area contributed by atoms with Gasteiger partial charge in [0.05, 0.1) is 0 Å². The van der Waals surface area contributed by atoms with Gasteiger partial charge < -0.3 is 5.32 Å². The number of ketones is 1. The van der Waals surface area contributed by atoms with Crippen molar-refractivity contribution in [1.29, 1.82) is 0 Å². The zero-order chi connectivity index (χ0) is 11.4. The number of rotatable bonds is 4. The monoisotopic (exact) mass is 237 g/mol. The lowest BCUT2D eigenvalue weighted by Gasteiger charge is -2.36. The Morgan fingerprint density at radius 1 is 1.44 bits per heavy atom. The molecule has 1 aromatic rings. The highest BCUT2D eigenvalue weighted by molar-refractivity contribution is 7.08. The van der Waals surface area contributed by atoms with Crippen molar-refractivity contribution < 1.29 is 4.79 Å². The van der Waals surface area contributed by atoms with Gasteiger partial charge in [-0.1, -0.05) is 19.3 Å². The van der Waals surface area contributed by atoms with Crippen molar-refractivity contribution in [3.8, 4) is 0 Å². The summed E-state index contributed by atoms with van der Waals surface area (Å²) in [5.41, 5.74) is 0.947. The molecule has 1 aliphatic rings. The van der Waals surface area contributed by atoms with Crippen LogP contribution in [0.3, 0.4) is 0 Å². The largest absolute Gasteiger partial charge is 0.314 e. The van der Waals surface area contributed by atoms with Gasteiger partial charge in [-0.2, -0.15) is 11.3 Å². The van der Waals surface area contributed by atoms with Gasteiger partial charge in [0.2, 0.25) is 0 Å². The van der Waals surface area contributed by atoms with Gasteiger partial charge in [-0.05, 0) is 31.3 Å². The number of hydrogen-bond donors (Lipinski definition) is 1. The number of Topliss-reactive ketones (excluding diaryl/α,β-unsaturated/α-hetero) is 1. The smallest absolute Gasteiger partial charge is 0.165 e. The fourth-order valence-electron chi connectivity index (χ4n) is 2.58. The third-order valence-corrected chi connectivity index (χ3v) is 4.37. The maximum absolute atomic E-state index is 12.1.